The van der Waals surface area contributed by atoms with Crippen molar-refractivity contribution in [3.63, 3.8) is 0 Å². The van der Waals surface area contributed by atoms with E-state index in [9.17, 15) is 9.59 Å². The molecule has 1 fully saturated rings. The van der Waals surface area contributed by atoms with Crippen molar-refractivity contribution in [2.24, 2.45) is 0 Å². The summed E-state index contributed by atoms with van der Waals surface area (Å²) in [7, 11) is 1.57. The molecule has 1 heterocycles. The summed E-state index contributed by atoms with van der Waals surface area (Å²) in [6.07, 6.45) is 3.36. The summed E-state index contributed by atoms with van der Waals surface area (Å²) in [5, 5.41) is 12.1. The molecular formula is C11H20N2O3. The van der Waals surface area contributed by atoms with E-state index in [1.807, 2.05) is 0 Å². The number of carbonyl (C=O) groups is 2. The fourth-order valence-corrected chi connectivity index (χ4v) is 2.08. The number of nitrogens with zero attached hydrogens (tertiary/aromatic N) is 1. The number of piperidine rings is 1. The molecule has 0 radical (unpaired) electrons. The number of carbonyl (C=O) groups excluding carboxylic acids is 1. The first-order valence-electron chi connectivity index (χ1n) is 5.80. The van der Waals surface area contributed by atoms with Gasteiger partial charge in [0.15, 0.2) is 0 Å². The lowest BCUT2D eigenvalue weighted by atomic mass is 10.0. The van der Waals surface area contributed by atoms with Crippen molar-refractivity contribution in [1.29, 1.82) is 0 Å². The number of carboxylic acids is 1. The molecule has 2 atom stereocenters. The van der Waals surface area contributed by atoms with Crippen LogP contribution in [0.3, 0.4) is 0 Å². The number of aliphatic carboxylic acids is 1. The normalized spacial score (nSPS) is 22.5. The third-order valence-electron chi connectivity index (χ3n) is 3.10. The van der Waals surface area contributed by atoms with Gasteiger partial charge in [-0.2, -0.15) is 0 Å². The minimum Gasteiger partial charge on any atom is -0.480 e. The van der Waals surface area contributed by atoms with Gasteiger partial charge in [-0.05, 0) is 25.8 Å². The Morgan fingerprint density at radius 1 is 1.50 bits per heavy atom. The van der Waals surface area contributed by atoms with E-state index in [2.05, 4.69) is 5.32 Å². The molecule has 0 aromatic rings. The van der Waals surface area contributed by atoms with Gasteiger partial charge in [0.2, 0.25) is 5.91 Å². The van der Waals surface area contributed by atoms with Crippen molar-refractivity contribution in [3.05, 3.63) is 0 Å². The van der Waals surface area contributed by atoms with E-state index in [1.165, 1.54) is 4.90 Å². The second-order valence-corrected chi connectivity index (χ2v) is 4.21. The predicted octanol–water partition coefficient (Wildman–Crippen LogP) is 0.450. The van der Waals surface area contributed by atoms with Crippen molar-refractivity contribution in [3.8, 4) is 0 Å². The first kappa shape index (κ1) is 13.0. The highest BCUT2D eigenvalue weighted by atomic mass is 16.4. The molecule has 2 N–H and O–H groups in total. The van der Waals surface area contributed by atoms with Gasteiger partial charge in [0, 0.05) is 7.05 Å². The highest BCUT2D eigenvalue weighted by Crippen LogP contribution is 2.12. The highest BCUT2D eigenvalue weighted by molar-refractivity contribution is 5.86. The van der Waals surface area contributed by atoms with Crippen LogP contribution in [0.5, 0.6) is 0 Å². The van der Waals surface area contributed by atoms with Crippen LogP contribution in [0, 0.1) is 0 Å². The summed E-state index contributed by atoms with van der Waals surface area (Å²) < 4.78 is 0. The zero-order chi connectivity index (χ0) is 12.1. The molecule has 1 aliphatic heterocycles. The molecule has 0 aliphatic carbocycles. The van der Waals surface area contributed by atoms with Gasteiger partial charge in [-0.15, -0.1) is 0 Å². The third kappa shape index (κ3) is 2.95. The predicted molar refractivity (Wildman–Crippen MR) is 60.1 cm³/mol. The Morgan fingerprint density at radius 2 is 2.19 bits per heavy atom. The van der Waals surface area contributed by atoms with Crippen molar-refractivity contribution in [2.45, 2.75) is 44.7 Å². The molecule has 1 saturated heterocycles. The SMILES string of the molecule is CCC(C(=O)O)N(C)C(=O)C1CCCCN1. The van der Waals surface area contributed by atoms with Crippen LogP contribution >= 0.6 is 0 Å². The van der Waals surface area contributed by atoms with Crippen molar-refractivity contribution < 1.29 is 14.7 Å². The van der Waals surface area contributed by atoms with Crippen molar-refractivity contribution in [1.82, 2.24) is 10.2 Å². The zero-order valence-corrected chi connectivity index (χ0v) is 9.90. The maximum absolute atomic E-state index is 12.0. The topological polar surface area (TPSA) is 69.6 Å². The summed E-state index contributed by atoms with van der Waals surface area (Å²) in [5.41, 5.74) is 0. The second-order valence-electron chi connectivity index (χ2n) is 4.21. The number of hydrogen-bond acceptors (Lipinski definition) is 3. The quantitative estimate of drug-likeness (QED) is 0.733. The first-order chi connectivity index (χ1) is 7.57. The average Bonchev–Trinajstić information content (AvgIpc) is 2.29. The molecule has 0 saturated carbocycles. The Morgan fingerprint density at radius 3 is 2.62 bits per heavy atom. The van der Waals surface area contributed by atoms with E-state index in [-0.39, 0.29) is 11.9 Å². The molecule has 0 aromatic carbocycles. The van der Waals surface area contributed by atoms with E-state index >= 15 is 0 Å². The maximum atomic E-state index is 12.0. The number of carboxylic acid groups (broad SMARTS) is 1. The molecule has 0 bridgehead atoms. The Balaban J connectivity index is 2.60. The number of hydrogen-bond donors (Lipinski definition) is 2. The molecule has 1 aliphatic rings. The van der Waals surface area contributed by atoms with E-state index in [0.717, 1.165) is 25.8 Å². The van der Waals surface area contributed by atoms with Crippen LogP contribution in [-0.2, 0) is 9.59 Å². The van der Waals surface area contributed by atoms with E-state index in [4.69, 9.17) is 5.11 Å². The molecule has 1 rings (SSSR count). The Labute approximate surface area is 95.8 Å². The van der Waals surface area contributed by atoms with E-state index in [1.54, 1.807) is 14.0 Å². The van der Waals surface area contributed by atoms with Crippen LogP contribution < -0.4 is 5.32 Å². The summed E-state index contributed by atoms with van der Waals surface area (Å²) in [5.74, 6) is -1.04. The smallest absolute Gasteiger partial charge is 0.326 e. The monoisotopic (exact) mass is 228 g/mol. The zero-order valence-electron chi connectivity index (χ0n) is 9.90. The fraction of sp³-hybridized carbons (Fsp3) is 0.818. The van der Waals surface area contributed by atoms with Gasteiger partial charge in [0.05, 0.1) is 6.04 Å². The first-order valence-corrected chi connectivity index (χ1v) is 5.80. The molecule has 0 aromatic heterocycles. The molecular weight excluding hydrogens is 208 g/mol. The lowest BCUT2D eigenvalue weighted by Crippen LogP contribution is -2.52. The van der Waals surface area contributed by atoms with Gasteiger partial charge in [0.25, 0.3) is 0 Å². The molecule has 16 heavy (non-hydrogen) atoms. The minimum atomic E-state index is -0.936. The van der Waals surface area contributed by atoms with Crippen LogP contribution in [0.2, 0.25) is 0 Å². The van der Waals surface area contributed by atoms with Gasteiger partial charge in [-0.1, -0.05) is 13.3 Å². The summed E-state index contributed by atoms with van der Waals surface area (Å²) in [6.45, 7) is 2.62. The number of amides is 1. The van der Waals surface area contributed by atoms with Crippen LogP contribution in [0.4, 0.5) is 0 Å². The lowest BCUT2D eigenvalue weighted by molar-refractivity contribution is -0.150. The van der Waals surface area contributed by atoms with Gasteiger partial charge < -0.3 is 15.3 Å². The molecule has 5 heteroatoms. The largest absolute Gasteiger partial charge is 0.480 e. The van der Waals surface area contributed by atoms with Crippen LogP contribution in [0.25, 0.3) is 0 Å². The standard InChI is InChI=1S/C11H20N2O3/c1-3-9(11(15)16)13(2)10(14)8-6-4-5-7-12-8/h8-9,12H,3-7H2,1-2H3,(H,15,16). The lowest BCUT2D eigenvalue weighted by Gasteiger charge is -2.30. The Kier molecular flexibility index (Phi) is 4.73. The van der Waals surface area contributed by atoms with Crippen molar-refractivity contribution >= 4 is 11.9 Å². The second kappa shape index (κ2) is 5.84. The van der Waals surface area contributed by atoms with Gasteiger partial charge in [0.1, 0.15) is 6.04 Å². The van der Waals surface area contributed by atoms with Gasteiger partial charge in [-0.25, -0.2) is 4.79 Å². The van der Waals surface area contributed by atoms with Crippen LogP contribution in [0.15, 0.2) is 0 Å². The molecule has 2 unspecified atom stereocenters. The molecule has 5 nitrogen and oxygen atoms in total. The van der Waals surface area contributed by atoms with E-state index in [0.29, 0.717) is 6.42 Å². The average molecular weight is 228 g/mol. The molecule has 0 spiro atoms. The summed E-state index contributed by atoms with van der Waals surface area (Å²) in [6, 6.07) is -0.914. The van der Waals surface area contributed by atoms with Crippen molar-refractivity contribution in [2.75, 3.05) is 13.6 Å². The summed E-state index contributed by atoms with van der Waals surface area (Å²) >= 11 is 0. The molecule has 92 valence electrons. The third-order valence-corrected chi connectivity index (χ3v) is 3.10. The summed E-state index contributed by atoms with van der Waals surface area (Å²) in [4.78, 5) is 24.3. The van der Waals surface area contributed by atoms with E-state index < -0.39 is 12.0 Å². The fourth-order valence-electron chi connectivity index (χ4n) is 2.08. The molecule has 1 amide bonds. The van der Waals surface area contributed by atoms with Crippen LogP contribution in [0.1, 0.15) is 32.6 Å². The highest BCUT2D eigenvalue weighted by Gasteiger charge is 2.30. The number of rotatable bonds is 4. The Hall–Kier alpha value is -1.10. The minimum absolute atomic E-state index is 0.103. The van der Waals surface area contributed by atoms with Crippen LogP contribution in [-0.4, -0.2) is 47.6 Å². The maximum Gasteiger partial charge on any atom is 0.326 e. The number of likely N-dealkylation sites (N-methyl/N-ethyl adjacent to an activating group) is 1. The number of nitrogens with one attached hydrogen (secondary N) is 1. The van der Waals surface area contributed by atoms with Gasteiger partial charge in [-0.3, -0.25) is 4.79 Å². The Bertz CT molecular complexity index is 262. The van der Waals surface area contributed by atoms with Gasteiger partial charge >= 0.3 is 5.97 Å².